The molecule has 0 atom stereocenters. The van der Waals surface area contributed by atoms with E-state index in [1.54, 1.807) is 0 Å². The van der Waals surface area contributed by atoms with Crippen LogP contribution in [0.1, 0.15) is 49.9 Å². The van der Waals surface area contributed by atoms with Crippen LogP contribution in [-0.2, 0) is 8.85 Å². The maximum absolute atomic E-state index is 6.63. The SMILES string of the molecule is Cc1ccc([Si](OC(C)C)(OC(C)C)c2ccc(C)c(C)c2)cc1C. The van der Waals surface area contributed by atoms with Gasteiger partial charge in [-0.2, -0.15) is 0 Å². The van der Waals surface area contributed by atoms with Crippen molar-refractivity contribution in [3.8, 4) is 0 Å². The maximum Gasteiger partial charge on any atom is 0.407 e. The van der Waals surface area contributed by atoms with Crippen molar-refractivity contribution in [3.63, 3.8) is 0 Å². The maximum atomic E-state index is 6.63. The molecule has 2 rings (SSSR count). The van der Waals surface area contributed by atoms with Gasteiger partial charge in [0.15, 0.2) is 0 Å². The molecular weight excluding hydrogens is 324 g/mol. The Morgan fingerprint density at radius 2 is 0.960 bits per heavy atom. The molecule has 0 aliphatic heterocycles. The van der Waals surface area contributed by atoms with E-state index in [1.165, 1.54) is 32.6 Å². The molecule has 25 heavy (non-hydrogen) atoms. The third-order valence-electron chi connectivity index (χ3n) is 4.58. The van der Waals surface area contributed by atoms with Crippen LogP contribution in [0, 0.1) is 27.7 Å². The zero-order valence-electron chi connectivity index (χ0n) is 16.9. The molecule has 2 aromatic rings. The molecule has 0 spiro atoms. The van der Waals surface area contributed by atoms with Crippen molar-refractivity contribution in [1.82, 2.24) is 0 Å². The first-order valence-corrected chi connectivity index (χ1v) is 11.0. The van der Waals surface area contributed by atoms with Crippen LogP contribution in [0.4, 0.5) is 0 Å². The summed E-state index contributed by atoms with van der Waals surface area (Å²) in [7, 11) is -2.78. The van der Waals surface area contributed by atoms with Gasteiger partial charge >= 0.3 is 8.56 Å². The Bertz CT molecular complexity index is 671. The van der Waals surface area contributed by atoms with Crippen molar-refractivity contribution >= 4 is 18.9 Å². The lowest BCUT2D eigenvalue weighted by molar-refractivity contribution is 0.125. The first kappa shape index (κ1) is 19.9. The number of rotatable bonds is 6. The molecule has 0 aromatic heterocycles. The third kappa shape index (κ3) is 4.41. The van der Waals surface area contributed by atoms with Gasteiger partial charge in [0.25, 0.3) is 0 Å². The fourth-order valence-electron chi connectivity index (χ4n) is 3.02. The molecule has 0 amide bonds. The highest BCUT2D eigenvalue weighted by molar-refractivity contribution is 6.92. The summed E-state index contributed by atoms with van der Waals surface area (Å²) in [5.41, 5.74) is 5.14. The molecule has 2 nitrogen and oxygen atoms in total. The molecule has 0 saturated heterocycles. The zero-order chi connectivity index (χ0) is 18.8. The summed E-state index contributed by atoms with van der Waals surface area (Å²) in [5, 5.41) is 2.36. The van der Waals surface area contributed by atoms with Gasteiger partial charge in [-0.1, -0.05) is 36.4 Å². The molecule has 0 N–H and O–H groups in total. The van der Waals surface area contributed by atoms with E-state index in [9.17, 15) is 0 Å². The van der Waals surface area contributed by atoms with Crippen molar-refractivity contribution < 1.29 is 8.85 Å². The lowest BCUT2D eigenvalue weighted by Crippen LogP contribution is -2.65. The molecule has 0 unspecified atom stereocenters. The first-order chi connectivity index (χ1) is 11.7. The van der Waals surface area contributed by atoms with Crippen molar-refractivity contribution in [1.29, 1.82) is 0 Å². The summed E-state index contributed by atoms with van der Waals surface area (Å²) in [6.07, 6.45) is 0.183. The molecule has 2 aromatic carbocycles. The molecule has 0 radical (unpaired) electrons. The van der Waals surface area contributed by atoms with Crippen LogP contribution in [0.2, 0.25) is 0 Å². The van der Waals surface area contributed by atoms with E-state index in [0.717, 1.165) is 0 Å². The highest BCUT2D eigenvalue weighted by Gasteiger charge is 2.44. The zero-order valence-corrected chi connectivity index (χ0v) is 17.9. The van der Waals surface area contributed by atoms with E-state index in [0.29, 0.717) is 0 Å². The Hall–Kier alpha value is -1.42. The largest absolute Gasteiger partial charge is 0.407 e. The van der Waals surface area contributed by atoms with E-state index in [2.05, 4.69) is 91.8 Å². The van der Waals surface area contributed by atoms with Gasteiger partial charge in [-0.25, -0.2) is 0 Å². The van der Waals surface area contributed by atoms with Crippen LogP contribution < -0.4 is 10.4 Å². The quantitative estimate of drug-likeness (QED) is 0.717. The number of aryl methyl sites for hydroxylation is 4. The van der Waals surface area contributed by atoms with Gasteiger partial charge in [-0.15, -0.1) is 0 Å². The third-order valence-corrected chi connectivity index (χ3v) is 8.33. The van der Waals surface area contributed by atoms with Crippen LogP contribution in [0.15, 0.2) is 36.4 Å². The van der Waals surface area contributed by atoms with Gasteiger partial charge in [-0.3, -0.25) is 0 Å². The number of hydrogen-bond acceptors (Lipinski definition) is 2. The summed E-state index contributed by atoms with van der Waals surface area (Å²) in [4.78, 5) is 0. The highest BCUT2D eigenvalue weighted by atomic mass is 28.4. The lowest BCUT2D eigenvalue weighted by atomic mass is 10.1. The normalized spacial score (nSPS) is 12.2. The second-order valence-corrected chi connectivity index (χ2v) is 10.4. The monoisotopic (exact) mass is 356 g/mol. The van der Waals surface area contributed by atoms with Gasteiger partial charge in [0.2, 0.25) is 0 Å². The summed E-state index contributed by atoms with van der Waals surface area (Å²) < 4.78 is 13.3. The predicted molar refractivity (Wildman–Crippen MR) is 109 cm³/mol. The summed E-state index contributed by atoms with van der Waals surface area (Å²) in [6, 6.07) is 13.2. The molecular formula is C22H32O2Si. The molecule has 0 aliphatic carbocycles. The molecule has 3 heteroatoms. The average molecular weight is 357 g/mol. The molecule has 136 valence electrons. The van der Waals surface area contributed by atoms with Crippen molar-refractivity contribution in [2.75, 3.05) is 0 Å². The Morgan fingerprint density at radius 3 is 1.24 bits per heavy atom. The number of hydrogen-bond donors (Lipinski definition) is 0. The van der Waals surface area contributed by atoms with Crippen molar-refractivity contribution in [3.05, 3.63) is 58.7 Å². The van der Waals surface area contributed by atoms with Crippen LogP contribution >= 0.6 is 0 Å². The lowest BCUT2D eigenvalue weighted by Gasteiger charge is -2.35. The summed E-state index contributed by atoms with van der Waals surface area (Å²) >= 11 is 0. The van der Waals surface area contributed by atoms with Gasteiger partial charge < -0.3 is 8.85 Å². The first-order valence-electron chi connectivity index (χ1n) is 9.17. The van der Waals surface area contributed by atoms with Crippen molar-refractivity contribution in [2.45, 2.75) is 67.6 Å². The Kier molecular flexibility index (Phi) is 6.25. The second kappa shape index (κ2) is 7.86. The summed E-state index contributed by atoms with van der Waals surface area (Å²) in [6.45, 7) is 17.0. The van der Waals surface area contributed by atoms with Gasteiger partial charge in [-0.05, 0) is 88.0 Å². The fourth-order valence-corrected chi connectivity index (χ4v) is 6.70. The Balaban J connectivity index is 2.73. The molecule has 0 saturated carbocycles. The second-order valence-electron chi connectivity index (χ2n) is 7.55. The van der Waals surface area contributed by atoms with E-state index >= 15 is 0 Å². The minimum atomic E-state index is -2.78. The van der Waals surface area contributed by atoms with Gasteiger partial charge in [0.1, 0.15) is 0 Å². The molecule has 0 aliphatic rings. The topological polar surface area (TPSA) is 18.5 Å². The summed E-state index contributed by atoms with van der Waals surface area (Å²) in [5.74, 6) is 0. The minimum Gasteiger partial charge on any atom is -0.385 e. The minimum absolute atomic E-state index is 0.0913. The van der Waals surface area contributed by atoms with Crippen LogP contribution in [0.25, 0.3) is 0 Å². The standard InChI is InChI=1S/C22H32O2Si/c1-15(2)23-25(24-16(3)4,21-11-9-17(5)19(7)13-21)22-12-10-18(6)20(8)14-22/h9-16H,1-8H3. The average Bonchev–Trinajstić information content (AvgIpc) is 2.51. The van der Waals surface area contributed by atoms with Gasteiger partial charge in [0.05, 0.1) is 0 Å². The smallest absolute Gasteiger partial charge is 0.385 e. The Labute approximate surface area is 154 Å². The van der Waals surface area contributed by atoms with Crippen LogP contribution in [-0.4, -0.2) is 20.8 Å². The Morgan fingerprint density at radius 1 is 0.600 bits per heavy atom. The molecule has 0 heterocycles. The molecule has 0 bridgehead atoms. The molecule has 0 fully saturated rings. The van der Waals surface area contributed by atoms with Crippen molar-refractivity contribution in [2.24, 2.45) is 0 Å². The van der Waals surface area contributed by atoms with Gasteiger partial charge in [0, 0.05) is 12.2 Å². The van der Waals surface area contributed by atoms with E-state index in [-0.39, 0.29) is 12.2 Å². The van der Waals surface area contributed by atoms with E-state index in [1.807, 2.05) is 0 Å². The van der Waals surface area contributed by atoms with E-state index in [4.69, 9.17) is 8.85 Å². The number of benzene rings is 2. The van der Waals surface area contributed by atoms with Crippen LogP contribution in [0.5, 0.6) is 0 Å². The van der Waals surface area contributed by atoms with Crippen LogP contribution in [0.3, 0.4) is 0 Å². The fraction of sp³-hybridized carbons (Fsp3) is 0.455. The van der Waals surface area contributed by atoms with E-state index < -0.39 is 8.56 Å². The highest BCUT2D eigenvalue weighted by Crippen LogP contribution is 2.18. The predicted octanol–water partition coefficient (Wildman–Crippen LogP) is 4.33.